The Morgan fingerprint density at radius 1 is 1.40 bits per heavy atom. The molecule has 3 nitrogen and oxygen atoms in total. The van der Waals surface area contributed by atoms with Crippen molar-refractivity contribution in [3.05, 3.63) is 44.9 Å². The fourth-order valence-corrected chi connectivity index (χ4v) is 4.84. The number of hydrogen-bond acceptors (Lipinski definition) is 4. The molecule has 104 valence electrons. The molecule has 1 aliphatic rings. The zero-order valence-electron chi connectivity index (χ0n) is 11.4. The van der Waals surface area contributed by atoms with E-state index in [1.54, 1.807) is 16.2 Å². The van der Waals surface area contributed by atoms with Gasteiger partial charge in [-0.2, -0.15) is 0 Å². The maximum Gasteiger partial charge on any atom is 0.194 e. The number of hydrogen-bond donors (Lipinski definition) is 1. The third-order valence-electron chi connectivity index (χ3n) is 4.13. The molecule has 0 saturated carbocycles. The highest BCUT2D eigenvalue weighted by Gasteiger charge is 2.21. The molecule has 3 heterocycles. The molecule has 3 aromatic rings. The summed E-state index contributed by atoms with van der Waals surface area (Å²) in [5.74, 6) is 0. The van der Waals surface area contributed by atoms with Crippen LogP contribution in [0, 0.1) is 6.92 Å². The first kappa shape index (κ1) is 12.6. The Kier molecular flexibility index (Phi) is 3.13. The molecule has 0 aromatic carbocycles. The van der Waals surface area contributed by atoms with Crippen molar-refractivity contribution in [3.63, 3.8) is 0 Å². The summed E-state index contributed by atoms with van der Waals surface area (Å²) in [5.41, 5.74) is 3.96. The van der Waals surface area contributed by atoms with Crippen LogP contribution in [0.25, 0.3) is 4.96 Å². The van der Waals surface area contributed by atoms with E-state index in [4.69, 9.17) is 0 Å². The van der Waals surface area contributed by atoms with Gasteiger partial charge in [-0.1, -0.05) is 0 Å². The highest BCUT2D eigenvalue weighted by atomic mass is 32.1. The Balaban J connectivity index is 1.57. The van der Waals surface area contributed by atoms with E-state index in [9.17, 15) is 0 Å². The largest absolute Gasteiger partial charge is 0.304 e. The number of aryl methyl sites for hydroxylation is 2. The van der Waals surface area contributed by atoms with E-state index < -0.39 is 0 Å². The average molecular weight is 303 g/mol. The number of thiazole rings is 1. The molecule has 0 amide bonds. The Morgan fingerprint density at radius 3 is 3.30 bits per heavy atom. The molecule has 3 aromatic heterocycles. The summed E-state index contributed by atoms with van der Waals surface area (Å²) in [4.78, 5) is 7.28. The van der Waals surface area contributed by atoms with Gasteiger partial charge in [0.15, 0.2) is 4.96 Å². The first-order valence-electron chi connectivity index (χ1n) is 7.03. The highest BCUT2D eigenvalue weighted by molar-refractivity contribution is 7.15. The van der Waals surface area contributed by atoms with Gasteiger partial charge in [-0.15, -0.1) is 22.7 Å². The van der Waals surface area contributed by atoms with Crippen molar-refractivity contribution in [2.75, 3.05) is 0 Å². The second kappa shape index (κ2) is 4.98. The van der Waals surface area contributed by atoms with Crippen molar-refractivity contribution in [3.8, 4) is 0 Å². The average Bonchev–Trinajstić information content (AvgIpc) is 3.12. The van der Waals surface area contributed by atoms with Gasteiger partial charge in [-0.25, -0.2) is 4.98 Å². The first-order valence-corrected chi connectivity index (χ1v) is 8.79. The van der Waals surface area contributed by atoms with Crippen LogP contribution in [-0.2, 0) is 13.0 Å². The molecule has 5 heteroatoms. The second-order valence-electron chi connectivity index (χ2n) is 5.32. The Labute approximate surface area is 126 Å². The summed E-state index contributed by atoms with van der Waals surface area (Å²) in [6.45, 7) is 3.00. The van der Waals surface area contributed by atoms with Crippen LogP contribution in [0.3, 0.4) is 0 Å². The molecule has 1 unspecified atom stereocenters. The predicted octanol–water partition coefficient (Wildman–Crippen LogP) is 3.93. The summed E-state index contributed by atoms with van der Waals surface area (Å²) < 4.78 is 2.21. The van der Waals surface area contributed by atoms with E-state index in [1.165, 1.54) is 30.5 Å². The lowest BCUT2D eigenvalue weighted by Crippen LogP contribution is -2.24. The number of imidazole rings is 1. The monoisotopic (exact) mass is 303 g/mol. The van der Waals surface area contributed by atoms with Crippen molar-refractivity contribution in [1.29, 1.82) is 0 Å². The third-order valence-corrected chi connectivity index (χ3v) is 5.88. The van der Waals surface area contributed by atoms with Gasteiger partial charge in [-0.3, -0.25) is 4.40 Å². The first-order chi connectivity index (χ1) is 9.83. The van der Waals surface area contributed by atoms with Crippen LogP contribution < -0.4 is 5.32 Å². The lowest BCUT2D eigenvalue weighted by atomic mass is 9.94. The molecule has 1 atom stereocenters. The van der Waals surface area contributed by atoms with Crippen LogP contribution in [0.1, 0.15) is 40.7 Å². The van der Waals surface area contributed by atoms with Crippen molar-refractivity contribution in [1.82, 2.24) is 14.7 Å². The van der Waals surface area contributed by atoms with Crippen molar-refractivity contribution in [2.24, 2.45) is 0 Å². The Bertz CT molecular complexity index is 737. The summed E-state index contributed by atoms with van der Waals surface area (Å²) in [6.07, 6.45) is 5.92. The van der Waals surface area contributed by atoms with Crippen molar-refractivity contribution < 1.29 is 0 Å². The summed E-state index contributed by atoms with van der Waals surface area (Å²) >= 11 is 3.60. The molecule has 0 saturated heterocycles. The van der Waals surface area contributed by atoms with Gasteiger partial charge in [0.1, 0.15) is 0 Å². The molecule has 0 bridgehead atoms. The van der Waals surface area contributed by atoms with Crippen LogP contribution in [0.4, 0.5) is 0 Å². The zero-order chi connectivity index (χ0) is 13.5. The molecule has 0 fully saturated rings. The summed E-state index contributed by atoms with van der Waals surface area (Å²) in [5, 5.41) is 8.07. The fraction of sp³-hybridized carbons (Fsp3) is 0.400. The minimum absolute atomic E-state index is 0.508. The molecular formula is C15H17N3S2. The van der Waals surface area contributed by atoms with E-state index in [1.807, 2.05) is 11.3 Å². The topological polar surface area (TPSA) is 29.3 Å². The van der Waals surface area contributed by atoms with Crippen LogP contribution in [0.15, 0.2) is 23.0 Å². The summed E-state index contributed by atoms with van der Waals surface area (Å²) in [6, 6.07) is 2.80. The van der Waals surface area contributed by atoms with Crippen LogP contribution in [-0.4, -0.2) is 9.38 Å². The van der Waals surface area contributed by atoms with E-state index in [0.717, 1.165) is 17.2 Å². The molecule has 1 aliphatic carbocycles. The number of rotatable bonds is 3. The van der Waals surface area contributed by atoms with E-state index in [0.29, 0.717) is 6.04 Å². The SMILES string of the molecule is Cc1nc2sccn2c1CNC1CCCc2sccc21. The summed E-state index contributed by atoms with van der Waals surface area (Å²) in [7, 11) is 0. The van der Waals surface area contributed by atoms with Gasteiger partial charge in [0, 0.05) is 29.0 Å². The van der Waals surface area contributed by atoms with Crippen LogP contribution >= 0.6 is 22.7 Å². The number of nitrogens with one attached hydrogen (secondary N) is 1. The highest BCUT2D eigenvalue weighted by Crippen LogP contribution is 2.33. The number of fused-ring (bicyclic) bond motifs is 2. The number of thiophene rings is 1. The minimum Gasteiger partial charge on any atom is -0.304 e. The van der Waals surface area contributed by atoms with Crippen molar-refractivity contribution in [2.45, 2.75) is 38.8 Å². The van der Waals surface area contributed by atoms with Crippen molar-refractivity contribution >= 4 is 27.6 Å². The zero-order valence-corrected chi connectivity index (χ0v) is 13.1. The Hall–Kier alpha value is -1.17. The fourth-order valence-electron chi connectivity index (χ4n) is 3.07. The molecule has 0 radical (unpaired) electrons. The van der Waals surface area contributed by atoms with E-state index in [2.05, 4.69) is 44.6 Å². The van der Waals surface area contributed by atoms with Gasteiger partial charge in [0.2, 0.25) is 0 Å². The molecule has 0 spiro atoms. The van der Waals surface area contributed by atoms with Gasteiger partial charge in [0.25, 0.3) is 0 Å². The maximum absolute atomic E-state index is 4.61. The van der Waals surface area contributed by atoms with E-state index in [-0.39, 0.29) is 0 Å². The normalized spacial score (nSPS) is 18.6. The molecule has 20 heavy (non-hydrogen) atoms. The lowest BCUT2D eigenvalue weighted by Gasteiger charge is -2.23. The quantitative estimate of drug-likeness (QED) is 0.794. The minimum atomic E-state index is 0.508. The maximum atomic E-state index is 4.61. The van der Waals surface area contributed by atoms with Crippen LogP contribution in [0.2, 0.25) is 0 Å². The number of nitrogens with zero attached hydrogens (tertiary/aromatic N) is 2. The molecule has 4 rings (SSSR count). The molecule has 1 N–H and O–H groups in total. The molecular weight excluding hydrogens is 286 g/mol. The molecule has 0 aliphatic heterocycles. The second-order valence-corrected chi connectivity index (χ2v) is 7.20. The smallest absolute Gasteiger partial charge is 0.194 e. The van der Waals surface area contributed by atoms with Crippen LogP contribution in [0.5, 0.6) is 0 Å². The Morgan fingerprint density at radius 2 is 2.35 bits per heavy atom. The van der Waals surface area contributed by atoms with Gasteiger partial charge < -0.3 is 5.32 Å². The predicted molar refractivity (Wildman–Crippen MR) is 84.6 cm³/mol. The van der Waals surface area contributed by atoms with Gasteiger partial charge in [-0.05, 0) is 43.2 Å². The van der Waals surface area contributed by atoms with Gasteiger partial charge in [0.05, 0.1) is 11.4 Å². The third kappa shape index (κ3) is 2.01. The number of aromatic nitrogens is 2. The standard InChI is InChI=1S/C15H17N3S2/c1-10-13(18-6-8-20-15(18)17-10)9-16-12-3-2-4-14-11(12)5-7-19-14/h5-8,12,16H,2-4,9H2,1H3. The van der Waals surface area contributed by atoms with Gasteiger partial charge >= 0.3 is 0 Å². The van der Waals surface area contributed by atoms with E-state index >= 15 is 0 Å². The lowest BCUT2D eigenvalue weighted by molar-refractivity contribution is 0.459.